The minimum atomic E-state index is -0.293. The molecule has 1 aliphatic rings. The Labute approximate surface area is 84.9 Å². The molecule has 0 spiro atoms. The molecule has 0 aromatic carbocycles. The first-order valence-corrected chi connectivity index (χ1v) is 8.43. The standard InChI is InChI=1S/C4H8S3Se2/c5-4(6,7)3-1-8-2-9-3/h3,5-7H,1-2H2. The third-order valence-corrected chi connectivity index (χ3v) is 11.3. The molecular weight excluding hydrogens is 302 g/mol. The monoisotopic (exact) mass is 312 g/mol. The zero-order valence-electron chi connectivity index (χ0n) is 4.65. The van der Waals surface area contributed by atoms with Crippen molar-refractivity contribution in [3.8, 4) is 0 Å². The van der Waals surface area contributed by atoms with Gasteiger partial charge < -0.3 is 0 Å². The Morgan fingerprint density at radius 2 is 2.00 bits per heavy atom. The van der Waals surface area contributed by atoms with Crippen molar-refractivity contribution in [3.63, 3.8) is 0 Å². The topological polar surface area (TPSA) is 0 Å². The Hall–Kier alpha value is 2.09. The SMILES string of the molecule is SC(S)(S)C1C[Se]C[Se]1. The summed E-state index contributed by atoms with van der Waals surface area (Å²) in [6, 6.07) is 0. The molecule has 1 heterocycles. The summed E-state index contributed by atoms with van der Waals surface area (Å²) in [5, 5.41) is 1.34. The van der Waals surface area contributed by atoms with Crippen LogP contribution in [0.2, 0.25) is 14.4 Å². The van der Waals surface area contributed by atoms with Crippen LogP contribution in [-0.4, -0.2) is 33.3 Å². The molecule has 0 nitrogen and oxygen atoms in total. The van der Waals surface area contributed by atoms with E-state index in [1.54, 1.807) is 0 Å². The quantitative estimate of drug-likeness (QED) is 0.364. The van der Waals surface area contributed by atoms with Crippen molar-refractivity contribution >= 4 is 67.8 Å². The van der Waals surface area contributed by atoms with E-state index >= 15 is 0 Å². The first kappa shape index (κ1) is 9.18. The van der Waals surface area contributed by atoms with E-state index in [9.17, 15) is 0 Å². The molecule has 0 saturated carbocycles. The van der Waals surface area contributed by atoms with Gasteiger partial charge in [-0.25, -0.2) is 0 Å². The number of thiol groups is 3. The van der Waals surface area contributed by atoms with E-state index in [-0.39, 0.29) is 3.41 Å². The summed E-state index contributed by atoms with van der Waals surface area (Å²) in [5.74, 6) is 0. The van der Waals surface area contributed by atoms with Crippen LogP contribution in [0.5, 0.6) is 0 Å². The molecule has 54 valence electrons. The maximum absolute atomic E-state index is 4.30. The first-order valence-electron chi connectivity index (χ1n) is 2.47. The number of hydrogen-bond acceptors (Lipinski definition) is 3. The van der Waals surface area contributed by atoms with Gasteiger partial charge in [-0.1, -0.05) is 0 Å². The van der Waals surface area contributed by atoms with Crippen LogP contribution in [0.15, 0.2) is 0 Å². The molecule has 0 N–H and O–H groups in total. The van der Waals surface area contributed by atoms with Crippen molar-refractivity contribution < 1.29 is 0 Å². The normalized spacial score (nSPS) is 29.0. The maximum atomic E-state index is 4.30. The summed E-state index contributed by atoms with van der Waals surface area (Å²) in [4.78, 5) is 0.694. The van der Waals surface area contributed by atoms with Crippen LogP contribution in [0.1, 0.15) is 0 Å². The Bertz CT molecular complexity index is 94.5. The fourth-order valence-electron chi connectivity index (χ4n) is 0.557. The van der Waals surface area contributed by atoms with Crippen molar-refractivity contribution in [1.29, 1.82) is 0 Å². The predicted octanol–water partition coefficient (Wildman–Crippen LogP) is 1.43. The molecule has 0 bridgehead atoms. The van der Waals surface area contributed by atoms with Crippen molar-refractivity contribution in [2.24, 2.45) is 0 Å². The molecule has 0 amide bonds. The summed E-state index contributed by atoms with van der Waals surface area (Å²) in [6.45, 7) is 0. The van der Waals surface area contributed by atoms with Gasteiger partial charge in [0.15, 0.2) is 0 Å². The average molecular weight is 310 g/mol. The van der Waals surface area contributed by atoms with Crippen molar-refractivity contribution in [2.75, 3.05) is 0 Å². The number of rotatable bonds is 1. The Morgan fingerprint density at radius 1 is 1.33 bits per heavy atom. The molecule has 1 saturated heterocycles. The van der Waals surface area contributed by atoms with Gasteiger partial charge >= 0.3 is 85.6 Å². The molecule has 1 rings (SSSR count). The molecule has 1 unspecified atom stereocenters. The third kappa shape index (κ3) is 2.90. The van der Waals surface area contributed by atoms with Crippen LogP contribution >= 0.6 is 37.9 Å². The Kier molecular flexibility index (Phi) is 3.73. The van der Waals surface area contributed by atoms with Gasteiger partial charge in [0.2, 0.25) is 0 Å². The minimum absolute atomic E-state index is 0.293. The van der Waals surface area contributed by atoms with Gasteiger partial charge in [-0.2, -0.15) is 0 Å². The van der Waals surface area contributed by atoms with Gasteiger partial charge in [0, 0.05) is 0 Å². The zero-order chi connectivity index (χ0) is 6.91. The van der Waals surface area contributed by atoms with Gasteiger partial charge in [0.25, 0.3) is 0 Å². The molecule has 1 aliphatic heterocycles. The van der Waals surface area contributed by atoms with Crippen LogP contribution in [-0.2, 0) is 0 Å². The van der Waals surface area contributed by atoms with E-state index in [0.29, 0.717) is 4.82 Å². The second-order valence-electron chi connectivity index (χ2n) is 1.83. The molecule has 0 aromatic heterocycles. The zero-order valence-corrected chi connectivity index (χ0v) is 10.8. The summed E-state index contributed by atoms with van der Waals surface area (Å²) < 4.78 is 1.16. The van der Waals surface area contributed by atoms with E-state index in [1.807, 2.05) is 0 Å². The Balaban J connectivity index is 2.42. The number of hydrogen-bond donors (Lipinski definition) is 3. The van der Waals surface area contributed by atoms with Gasteiger partial charge in [-0.05, 0) is 0 Å². The van der Waals surface area contributed by atoms with Gasteiger partial charge in [0.05, 0.1) is 0 Å². The molecule has 1 fully saturated rings. The average Bonchev–Trinajstić information content (AvgIpc) is 2.08. The van der Waals surface area contributed by atoms with Crippen LogP contribution in [0.4, 0.5) is 0 Å². The molecule has 0 aromatic rings. The molecular formula is C4H8S3Se2. The van der Waals surface area contributed by atoms with E-state index in [4.69, 9.17) is 0 Å². The summed E-state index contributed by atoms with van der Waals surface area (Å²) in [5.41, 5.74) is 0. The third-order valence-electron chi connectivity index (χ3n) is 1.05. The first-order chi connectivity index (χ1) is 4.11. The van der Waals surface area contributed by atoms with E-state index in [2.05, 4.69) is 37.9 Å². The van der Waals surface area contributed by atoms with Crippen LogP contribution < -0.4 is 0 Å². The predicted molar refractivity (Wildman–Crippen MR) is 54.6 cm³/mol. The van der Waals surface area contributed by atoms with E-state index < -0.39 is 0 Å². The summed E-state index contributed by atoms with van der Waals surface area (Å²) in [6.07, 6.45) is 0. The van der Waals surface area contributed by atoms with Gasteiger partial charge in [-0.3, -0.25) is 0 Å². The molecule has 0 radical (unpaired) electrons. The molecule has 5 heteroatoms. The van der Waals surface area contributed by atoms with Crippen LogP contribution in [0.3, 0.4) is 0 Å². The van der Waals surface area contributed by atoms with E-state index in [1.165, 1.54) is 9.54 Å². The second-order valence-corrected chi connectivity index (χ2v) is 11.5. The summed E-state index contributed by atoms with van der Waals surface area (Å²) in [7, 11) is 0. The summed E-state index contributed by atoms with van der Waals surface area (Å²) >= 11 is 14.6. The van der Waals surface area contributed by atoms with Crippen LogP contribution in [0.25, 0.3) is 0 Å². The van der Waals surface area contributed by atoms with E-state index in [0.717, 1.165) is 29.9 Å². The van der Waals surface area contributed by atoms with Crippen molar-refractivity contribution in [1.82, 2.24) is 0 Å². The van der Waals surface area contributed by atoms with Crippen LogP contribution in [0, 0.1) is 0 Å². The fraction of sp³-hybridized carbons (Fsp3) is 1.00. The van der Waals surface area contributed by atoms with Crippen molar-refractivity contribution in [3.05, 3.63) is 0 Å². The second kappa shape index (κ2) is 3.66. The fourth-order valence-corrected chi connectivity index (χ4v) is 11.2. The van der Waals surface area contributed by atoms with Gasteiger partial charge in [-0.15, -0.1) is 0 Å². The van der Waals surface area contributed by atoms with Gasteiger partial charge in [0.1, 0.15) is 0 Å². The molecule has 9 heavy (non-hydrogen) atoms. The Morgan fingerprint density at radius 3 is 2.22 bits per heavy atom. The molecule has 0 aliphatic carbocycles. The van der Waals surface area contributed by atoms with Crippen molar-refractivity contribution in [2.45, 2.75) is 17.8 Å². The molecule has 1 atom stereocenters.